The van der Waals surface area contributed by atoms with Gasteiger partial charge in [0.25, 0.3) is 5.91 Å². The molecule has 2 aromatic carbocycles. The van der Waals surface area contributed by atoms with Crippen LogP contribution in [-0.2, 0) is 0 Å². The maximum absolute atomic E-state index is 12.8. The SMILES string of the molecule is CCCN(CCC)c1nccc(C(=O)Nc2ccccc2Oc2ccccc2)n1. The second-order valence-corrected chi connectivity index (χ2v) is 6.59. The van der Waals surface area contributed by atoms with Gasteiger partial charge in [0.05, 0.1) is 5.69 Å². The predicted molar refractivity (Wildman–Crippen MR) is 116 cm³/mol. The third-order valence-electron chi connectivity index (χ3n) is 4.25. The average Bonchev–Trinajstić information content (AvgIpc) is 2.76. The number of para-hydroxylation sites is 3. The molecule has 0 aliphatic carbocycles. The van der Waals surface area contributed by atoms with Crippen molar-refractivity contribution in [2.45, 2.75) is 26.7 Å². The summed E-state index contributed by atoms with van der Waals surface area (Å²) in [5.41, 5.74) is 0.905. The van der Waals surface area contributed by atoms with Crippen LogP contribution >= 0.6 is 0 Å². The van der Waals surface area contributed by atoms with E-state index in [9.17, 15) is 4.79 Å². The fourth-order valence-corrected chi connectivity index (χ4v) is 2.94. The molecule has 0 saturated carbocycles. The molecule has 0 saturated heterocycles. The smallest absolute Gasteiger partial charge is 0.274 e. The molecule has 1 N–H and O–H groups in total. The van der Waals surface area contributed by atoms with Gasteiger partial charge in [-0.3, -0.25) is 4.79 Å². The van der Waals surface area contributed by atoms with Crippen LogP contribution in [0.25, 0.3) is 0 Å². The van der Waals surface area contributed by atoms with Crippen molar-refractivity contribution >= 4 is 17.5 Å². The Kier molecular flexibility index (Phi) is 7.16. The number of amides is 1. The van der Waals surface area contributed by atoms with E-state index < -0.39 is 0 Å². The largest absolute Gasteiger partial charge is 0.455 e. The lowest BCUT2D eigenvalue weighted by Crippen LogP contribution is -2.27. The van der Waals surface area contributed by atoms with Crippen molar-refractivity contribution in [2.24, 2.45) is 0 Å². The van der Waals surface area contributed by atoms with Crippen molar-refractivity contribution in [1.29, 1.82) is 0 Å². The van der Waals surface area contributed by atoms with Crippen molar-refractivity contribution in [3.8, 4) is 11.5 Å². The number of nitrogens with zero attached hydrogens (tertiary/aromatic N) is 3. The molecular weight excluding hydrogens is 364 g/mol. The topological polar surface area (TPSA) is 67.4 Å². The van der Waals surface area contributed by atoms with Crippen molar-refractivity contribution in [3.63, 3.8) is 0 Å². The quantitative estimate of drug-likeness (QED) is 0.547. The highest BCUT2D eigenvalue weighted by molar-refractivity contribution is 6.03. The zero-order valence-corrected chi connectivity index (χ0v) is 16.8. The Bertz CT molecular complexity index is 925. The maximum Gasteiger partial charge on any atom is 0.274 e. The molecule has 1 amide bonds. The van der Waals surface area contributed by atoms with Crippen molar-refractivity contribution < 1.29 is 9.53 Å². The molecule has 0 radical (unpaired) electrons. The number of carbonyl (C=O) groups is 1. The van der Waals surface area contributed by atoms with Crippen LogP contribution in [0.4, 0.5) is 11.6 Å². The van der Waals surface area contributed by atoms with Gasteiger partial charge in [0.15, 0.2) is 5.75 Å². The van der Waals surface area contributed by atoms with Gasteiger partial charge in [-0.15, -0.1) is 0 Å². The van der Waals surface area contributed by atoms with Crippen LogP contribution < -0.4 is 15.0 Å². The van der Waals surface area contributed by atoms with E-state index in [0.29, 0.717) is 28.8 Å². The number of aromatic nitrogens is 2. The fourth-order valence-electron chi connectivity index (χ4n) is 2.94. The molecular formula is C23H26N4O2. The number of hydrogen-bond acceptors (Lipinski definition) is 5. The summed E-state index contributed by atoms with van der Waals surface area (Å²) in [5.74, 6) is 1.55. The third-order valence-corrected chi connectivity index (χ3v) is 4.25. The van der Waals surface area contributed by atoms with Gasteiger partial charge in [0, 0.05) is 19.3 Å². The molecule has 0 aliphatic heterocycles. The number of rotatable bonds is 9. The molecule has 150 valence electrons. The van der Waals surface area contributed by atoms with E-state index in [0.717, 1.165) is 25.9 Å². The molecule has 0 spiro atoms. The van der Waals surface area contributed by atoms with E-state index in [1.807, 2.05) is 48.5 Å². The van der Waals surface area contributed by atoms with Gasteiger partial charge < -0.3 is 15.0 Å². The van der Waals surface area contributed by atoms with E-state index in [1.165, 1.54) is 0 Å². The van der Waals surface area contributed by atoms with E-state index >= 15 is 0 Å². The summed E-state index contributed by atoms with van der Waals surface area (Å²) in [5, 5.41) is 2.90. The number of benzene rings is 2. The second kappa shape index (κ2) is 10.2. The Morgan fingerprint density at radius 1 is 0.966 bits per heavy atom. The zero-order chi connectivity index (χ0) is 20.5. The van der Waals surface area contributed by atoms with E-state index in [-0.39, 0.29) is 5.91 Å². The summed E-state index contributed by atoms with van der Waals surface area (Å²) >= 11 is 0. The first-order valence-electron chi connectivity index (χ1n) is 9.92. The van der Waals surface area contributed by atoms with Crippen molar-refractivity contribution in [3.05, 3.63) is 72.6 Å². The predicted octanol–water partition coefficient (Wildman–Crippen LogP) is 5.15. The molecule has 1 heterocycles. The van der Waals surface area contributed by atoms with E-state index in [1.54, 1.807) is 18.3 Å². The first kappa shape index (κ1) is 20.3. The van der Waals surface area contributed by atoms with Gasteiger partial charge in [0.1, 0.15) is 11.4 Å². The first-order chi connectivity index (χ1) is 14.2. The number of nitrogens with one attached hydrogen (secondary N) is 1. The second-order valence-electron chi connectivity index (χ2n) is 6.59. The molecule has 0 fully saturated rings. The Hall–Kier alpha value is -3.41. The highest BCUT2D eigenvalue weighted by atomic mass is 16.5. The minimum atomic E-state index is -0.300. The molecule has 0 bridgehead atoms. The highest BCUT2D eigenvalue weighted by Gasteiger charge is 2.15. The van der Waals surface area contributed by atoms with Crippen LogP contribution in [0.5, 0.6) is 11.5 Å². The summed E-state index contributed by atoms with van der Waals surface area (Å²) in [4.78, 5) is 23.8. The standard InChI is InChI=1S/C23H26N4O2/c1-3-16-27(17-4-2)23-24-15-14-20(26-23)22(28)25-19-12-8-9-13-21(19)29-18-10-6-5-7-11-18/h5-15H,3-4,16-17H2,1-2H3,(H,25,28). The van der Waals surface area contributed by atoms with Crippen LogP contribution in [-0.4, -0.2) is 29.0 Å². The summed E-state index contributed by atoms with van der Waals surface area (Å²) in [7, 11) is 0. The Labute approximate surface area is 171 Å². The lowest BCUT2D eigenvalue weighted by molar-refractivity contribution is 0.102. The van der Waals surface area contributed by atoms with Gasteiger partial charge in [0.2, 0.25) is 5.95 Å². The number of anilines is 2. The maximum atomic E-state index is 12.8. The van der Waals surface area contributed by atoms with E-state index in [2.05, 4.69) is 34.0 Å². The summed E-state index contributed by atoms with van der Waals surface area (Å²) in [6, 6.07) is 18.4. The first-order valence-corrected chi connectivity index (χ1v) is 9.92. The van der Waals surface area contributed by atoms with Crippen molar-refractivity contribution in [2.75, 3.05) is 23.3 Å². The summed E-state index contributed by atoms with van der Waals surface area (Å²) in [6.45, 7) is 5.94. The molecule has 6 heteroatoms. The normalized spacial score (nSPS) is 10.4. The Balaban J connectivity index is 1.78. The average molecular weight is 390 g/mol. The molecule has 6 nitrogen and oxygen atoms in total. The minimum absolute atomic E-state index is 0.300. The van der Waals surface area contributed by atoms with Gasteiger partial charge in [-0.05, 0) is 43.2 Å². The van der Waals surface area contributed by atoms with Gasteiger partial charge in [-0.2, -0.15) is 0 Å². The van der Waals surface area contributed by atoms with Crippen LogP contribution in [0, 0.1) is 0 Å². The molecule has 0 aliphatic rings. The van der Waals surface area contributed by atoms with E-state index in [4.69, 9.17) is 4.74 Å². The zero-order valence-electron chi connectivity index (χ0n) is 16.8. The van der Waals surface area contributed by atoms with Gasteiger partial charge in [-0.1, -0.05) is 44.2 Å². The molecule has 1 aromatic heterocycles. The van der Waals surface area contributed by atoms with Gasteiger partial charge >= 0.3 is 0 Å². The molecule has 29 heavy (non-hydrogen) atoms. The van der Waals surface area contributed by atoms with Gasteiger partial charge in [-0.25, -0.2) is 9.97 Å². The fraction of sp³-hybridized carbons (Fsp3) is 0.261. The highest BCUT2D eigenvalue weighted by Crippen LogP contribution is 2.29. The number of carbonyl (C=O) groups excluding carboxylic acids is 1. The third kappa shape index (κ3) is 5.54. The summed E-state index contributed by atoms with van der Waals surface area (Å²) < 4.78 is 5.92. The Morgan fingerprint density at radius 3 is 2.38 bits per heavy atom. The summed E-state index contributed by atoms with van der Waals surface area (Å²) in [6.07, 6.45) is 3.61. The monoisotopic (exact) mass is 390 g/mol. The lowest BCUT2D eigenvalue weighted by Gasteiger charge is -2.21. The van der Waals surface area contributed by atoms with Crippen LogP contribution in [0.2, 0.25) is 0 Å². The van der Waals surface area contributed by atoms with Crippen LogP contribution in [0.3, 0.4) is 0 Å². The molecule has 0 unspecified atom stereocenters. The van der Waals surface area contributed by atoms with Crippen LogP contribution in [0.15, 0.2) is 66.9 Å². The Morgan fingerprint density at radius 2 is 1.66 bits per heavy atom. The minimum Gasteiger partial charge on any atom is -0.455 e. The molecule has 3 aromatic rings. The van der Waals surface area contributed by atoms with Crippen LogP contribution in [0.1, 0.15) is 37.2 Å². The molecule has 0 atom stereocenters. The lowest BCUT2D eigenvalue weighted by atomic mass is 10.2. The number of ether oxygens (including phenoxy) is 1. The van der Waals surface area contributed by atoms with Crippen molar-refractivity contribution in [1.82, 2.24) is 9.97 Å². The number of hydrogen-bond donors (Lipinski definition) is 1. The molecule has 3 rings (SSSR count).